The van der Waals surface area contributed by atoms with Crippen molar-refractivity contribution in [2.75, 3.05) is 7.11 Å². The molecule has 2 aromatic rings. The Bertz CT molecular complexity index is 1210. The summed E-state index contributed by atoms with van der Waals surface area (Å²) in [5.41, 5.74) is 1.69. The van der Waals surface area contributed by atoms with E-state index in [1.54, 1.807) is 18.9 Å². The van der Waals surface area contributed by atoms with Crippen molar-refractivity contribution >= 4 is 23.2 Å². The van der Waals surface area contributed by atoms with Gasteiger partial charge in [-0.05, 0) is 74.5 Å². The fourth-order valence-corrected chi connectivity index (χ4v) is 5.51. The van der Waals surface area contributed by atoms with Gasteiger partial charge in [0.2, 0.25) is 11.8 Å². The first-order valence-corrected chi connectivity index (χ1v) is 12.3. The number of aromatic nitrogens is 2. The number of amides is 1. The van der Waals surface area contributed by atoms with Crippen molar-refractivity contribution in [1.82, 2.24) is 20.4 Å². The van der Waals surface area contributed by atoms with Crippen LogP contribution in [0.1, 0.15) is 68.0 Å². The van der Waals surface area contributed by atoms with E-state index >= 15 is 0 Å². The number of nitrogens with zero attached hydrogens (tertiary/aromatic N) is 3. The Hall–Kier alpha value is -2.76. The van der Waals surface area contributed by atoms with Crippen LogP contribution in [0, 0.1) is 30.1 Å². The predicted molar refractivity (Wildman–Crippen MR) is 131 cm³/mol. The molecule has 34 heavy (non-hydrogen) atoms. The summed E-state index contributed by atoms with van der Waals surface area (Å²) < 4.78 is 11.1. The van der Waals surface area contributed by atoms with E-state index < -0.39 is 11.0 Å². The lowest BCUT2D eigenvalue weighted by atomic mass is 9.68. The van der Waals surface area contributed by atoms with E-state index in [2.05, 4.69) is 59.4 Å². The van der Waals surface area contributed by atoms with Gasteiger partial charge in [-0.1, -0.05) is 24.8 Å². The summed E-state index contributed by atoms with van der Waals surface area (Å²) in [5.74, 6) is 7.91. The molecule has 0 radical (unpaired) electrons. The third-order valence-electron chi connectivity index (χ3n) is 7.47. The minimum atomic E-state index is -0.973. The van der Waals surface area contributed by atoms with Crippen molar-refractivity contribution in [2.45, 2.75) is 71.1 Å². The van der Waals surface area contributed by atoms with E-state index in [0.717, 1.165) is 36.0 Å². The van der Waals surface area contributed by atoms with E-state index in [1.165, 1.54) is 12.8 Å². The average molecular weight is 479 g/mol. The SMILES string of the molecule is COC(C)CCC1(C)Cc2ccc(C#CC3CC3)cc2C12NC(=S)N(Cc1nnc(C)o1)C2=O. The van der Waals surface area contributed by atoms with Gasteiger partial charge in [0.15, 0.2) is 10.7 Å². The number of benzene rings is 1. The Morgan fingerprint density at radius 2 is 2.18 bits per heavy atom. The second kappa shape index (κ2) is 8.47. The summed E-state index contributed by atoms with van der Waals surface area (Å²) >= 11 is 5.70. The first-order chi connectivity index (χ1) is 16.3. The van der Waals surface area contributed by atoms with Crippen LogP contribution in [0.25, 0.3) is 0 Å². The number of thiocarbonyl (C=S) groups is 1. The van der Waals surface area contributed by atoms with Gasteiger partial charge in [0.1, 0.15) is 6.54 Å². The minimum absolute atomic E-state index is 0.0769. The summed E-state index contributed by atoms with van der Waals surface area (Å²) in [4.78, 5) is 15.8. The maximum Gasteiger partial charge on any atom is 0.260 e. The van der Waals surface area contributed by atoms with Crippen LogP contribution in [0.4, 0.5) is 0 Å². The normalized spacial score (nSPS) is 26.4. The molecule has 2 aliphatic carbocycles. The monoisotopic (exact) mass is 478 g/mol. The highest BCUT2D eigenvalue weighted by molar-refractivity contribution is 7.80. The molecule has 1 aromatic carbocycles. The minimum Gasteiger partial charge on any atom is -0.424 e. The molecule has 2 fully saturated rings. The highest BCUT2D eigenvalue weighted by Crippen LogP contribution is 2.56. The number of hydrogen-bond acceptors (Lipinski definition) is 6. The quantitative estimate of drug-likeness (QED) is 0.502. The Morgan fingerprint density at radius 1 is 1.38 bits per heavy atom. The summed E-state index contributed by atoms with van der Waals surface area (Å²) in [6.45, 7) is 6.11. The van der Waals surface area contributed by atoms with Crippen molar-refractivity contribution in [3.05, 3.63) is 46.7 Å². The van der Waals surface area contributed by atoms with Gasteiger partial charge in [-0.3, -0.25) is 9.69 Å². The molecule has 178 valence electrons. The molecular formula is C26H30N4O3S. The van der Waals surface area contributed by atoms with Gasteiger partial charge in [-0.25, -0.2) is 0 Å². The molecule has 0 bridgehead atoms. The number of fused-ring (bicyclic) bond motifs is 2. The number of hydrogen-bond donors (Lipinski definition) is 1. The van der Waals surface area contributed by atoms with Crippen LogP contribution < -0.4 is 5.32 Å². The third kappa shape index (κ3) is 3.81. The molecule has 1 saturated heterocycles. The highest BCUT2D eigenvalue weighted by Gasteiger charge is 2.65. The van der Waals surface area contributed by atoms with Gasteiger partial charge in [-0.2, -0.15) is 0 Å². The largest absolute Gasteiger partial charge is 0.424 e. The molecule has 3 unspecified atom stereocenters. The zero-order chi connectivity index (χ0) is 24.1. The van der Waals surface area contributed by atoms with Crippen LogP contribution in [0.15, 0.2) is 22.6 Å². The van der Waals surface area contributed by atoms with Crippen molar-refractivity contribution in [3.63, 3.8) is 0 Å². The zero-order valence-electron chi connectivity index (χ0n) is 20.1. The number of nitrogens with one attached hydrogen (secondary N) is 1. The summed E-state index contributed by atoms with van der Waals surface area (Å²) in [6.07, 6.45) is 4.85. The molecule has 8 heteroatoms. The summed E-state index contributed by atoms with van der Waals surface area (Å²) in [6, 6.07) is 6.28. The molecule has 3 aliphatic rings. The molecular weight excluding hydrogens is 448 g/mol. The number of ether oxygens (including phenoxy) is 1. The molecule has 1 aromatic heterocycles. The molecule has 2 heterocycles. The maximum atomic E-state index is 14.2. The van der Waals surface area contributed by atoms with E-state index in [9.17, 15) is 4.79 Å². The topological polar surface area (TPSA) is 80.5 Å². The Kier molecular flexibility index (Phi) is 5.73. The van der Waals surface area contributed by atoms with Crippen LogP contribution in [0.2, 0.25) is 0 Å². The fraction of sp³-hybridized carbons (Fsp3) is 0.538. The standard InChI is InChI=1S/C26H30N4O3S/c1-16(32-4)11-12-25(3)14-20-10-9-19(8-7-18-5-6-18)13-21(20)26(25)23(31)30(24(34)27-26)15-22-29-28-17(2)33-22/h9-10,13,16,18H,5-6,11-12,14-15H2,1-4H3,(H,27,34). The number of carbonyl (C=O) groups excluding carboxylic acids is 1. The molecule has 1 spiro atoms. The lowest BCUT2D eigenvalue weighted by Crippen LogP contribution is -2.54. The van der Waals surface area contributed by atoms with Gasteiger partial charge < -0.3 is 14.5 Å². The van der Waals surface area contributed by atoms with E-state index in [0.29, 0.717) is 22.8 Å². The van der Waals surface area contributed by atoms with Crippen LogP contribution >= 0.6 is 12.2 Å². The Morgan fingerprint density at radius 3 is 2.85 bits per heavy atom. The lowest BCUT2D eigenvalue weighted by molar-refractivity contribution is -0.136. The molecule has 1 N–H and O–H groups in total. The Balaban J connectivity index is 1.56. The summed E-state index contributed by atoms with van der Waals surface area (Å²) in [7, 11) is 1.72. The van der Waals surface area contributed by atoms with Crippen molar-refractivity contribution in [3.8, 4) is 11.8 Å². The fourth-order valence-electron chi connectivity index (χ4n) is 5.21. The smallest absolute Gasteiger partial charge is 0.260 e. The molecule has 1 amide bonds. The first kappa shape index (κ1) is 23.0. The van der Waals surface area contributed by atoms with Crippen LogP contribution in [0.5, 0.6) is 0 Å². The van der Waals surface area contributed by atoms with Gasteiger partial charge in [-0.15, -0.1) is 10.2 Å². The lowest BCUT2D eigenvalue weighted by Gasteiger charge is -2.40. The first-order valence-electron chi connectivity index (χ1n) is 11.9. The second-order valence-corrected chi connectivity index (χ2v) is 10.4. The van der Waals surface area contributed by atoms with Crippen molar-refractivity contribution in [1.29, 1.82) is 0 Å². The van der Waals surface area contributed by atoms with Gasteiger partial charge in [0, 0.05) is 30.9 Å². The number of carbonyl (C=O) groups is 1. The van der Waals surface area contributed by atoms with Gasteiger partial charge >= 0.3 is 0 Å². The van der Waals surface area contributed by atoms with Crippen LogP contribution in [-0.4, -0.2) is 39.3 Å². The second-order valence-electron chi connectivity index (χ2n) is 10.0. The van der Waals surface area contributed by atoms with Gasteiger partial charge in [0.05, 0.1) is 6.10 Å². The molecule has 1 aliphatic heterocycles. The molecule has 5 rings (SSSR count). The number of rotatable bonds is 6. The zero-order valence-corrected chi connectivity index (χ0v) is 20.9. The van der Waals surface area contributed by atoms with E-state index in [4.69, 9.17) is 21.4 Å². The van der Waals surface area contributed by atoms with Crippen molar-refractivity contribution in [2.24, 2.45) is 11.3 Å². The molecule has 7 nitrogen and oxygen atoms in total. The molecule has 1 saturated carbocycles. The number of methoxy groups -OCH3 is 1. The van der Waals surface area contributed by atoms with Crippen LogP contribution in [0.3, 0.4) is 0 Å². The maximum absolute atomic E-state index is 14.2. The average Bonchev–Trinajstić information content (AvgIpc) is 3.44. The highest BCUT2D eigenvalue weighted by atomic mass is 32.1. The van der Waals surface area contributed by atoms with Gasteiger partial charge in [0.25, 0.3) is 5.91 Å². The number of aryl methyl sites for hydroxylation is 1. The van der Waals surface area contributed by atoms with E-state index in [1.807, 2.05) is 0 Å². The third-order valence-corrected chi connectivity index (χ3v) is 7.79. The predicted octanol–water partition coefficient (Wildman–Crippen LogP) is 3.63. The van der Waals surface area contributed by atoms with Crippen molar-refractivity contribution < 1.29 is 13.9 Å². The summed E-state index contributed by atoms with van der Waals surface area (Å²) in [5, 5.41) is 11.8. The van der Waals surface area contributed by atoms with E-state index in [-0.39, 0.29) is 18.6 Å². The Labute approximate surface area is 205 Å². The van der Waals surface area contributed by atoms with Crippen LogP contribution in [-0.2, 0) is 28.0 Å². The molecule has 3 atom stereocenters.